The second kappa shape index (κ2) is 9.74. The van der Waals surface area contributed by atoms with Crippen molar-refractivity contribution in [2.45, 2.75) is 0 Å². The summed E-state index contributed by atoms with van der Waals surface area (Å²) >= 11 is 0. The van der Waals surface area contributed by atoms with Crippen LogP contribution in [0.4, 0.5) is 5.69 Å². The van der Waals surface area contributed by atoms with E-state index in [1.807, 2.05) is 42.3 Å². The number of aromatic nitrogens is 2. The zero-order valence-electron chi connectivity index (χ0n) is 18.9. The first-order valence-electron chi connectivity index (χ1n) is 10.7. The number of amides is 2. The highest BCUT2D eigenvalue weighted by Gasteiger charge is 2.23. The molecule has 0 spiro atoms. The Labute approximate surface area is 192 Å². The molecular formula is C24H27N5O4. The third-order valence-electron chi connectivity index (χ3n) is 5.62. The number of hydrogen-bond acceptors (Lipinski definition) is 6. The molecule has 0 bridgehead atoms. The first-order valence-corrected chi connectivity index (χ1v) is 10.7. The number of anilines is 1. The van der Waals surface area contributed by atoms with Crippen molar-refractivity contribution < 1.29 is 19.1 Å². The molecule has 0 atom stereocenters. The number of piperazine rings is 1. The molecule has 3 aromatic rings. The largest absolute Gasteiger partial charge is 0.495 e. The first-order chi connectivity index (χ1) is 16.0. The van der Waals surface area contributed by atoms with Crippen molar-refractivity contribution in [3.63, 3.8) is 0 Å². The van der Waals surface area contributed by atoms with Gasteiger partial charge in [-0.3, -0.25) is 9.59 Å². The molecule has 2 amide bonds. The van der Waals surface area contributed by atoms with Gasteiger partial charge in [0, 0.05) is 31.7 Å². The SMILES string of the molecule is COc1ccc(C(=O)N2CCN(C)CC2)cc1NC(=O)c1nn(-c2ccccc2)cc1OC. The van der Waals surface area contributed by atoms with Crippen LogP contribution >= 0.6 is 0 Å². The fourth-order valence-electron chi connectivity index (χ4n) is 3.69. The summed E-state index contributed by atoms with van der Waals surface area (Å²) < 4.78 is 12.4. The van der Waals surface area contributed by atoms with Crippen molar-refractivity contribution >= 4 is 17.5 Å². The van der Waals surface area contributed by atoms with E-state index in [2.05, 4.69) is 15.3 Å². The summed E-state index contributed by atoms with van der Waals surface area (Å²) in [5.41, 5.74) is 1.79. The number of methoxy groups -OCH3 is 2. The van der Waals surface area contributed by atoms with E-state index in [-0.39, 0.29) is 11.6 Å². The molecule has 1 aliphatic heterocycles. The first kappa shape index (κ1) is 22.3. The minimum absolute atomic E-state index is 0.0767. The van der Waals surface area contributed by atoms with Gasteiger partial charge in [0.1, 0.15) is 5.75 Å². The van der Waals surface area contributed by atoms with E-state index < -0.39 is 5.91 Å². The zero-order chi connectivity index (χ0) is 23.4. The maximum absolute atomic E-state index is 13.1. The number of nitrogens with one attached hydrogen (secondary N) is 1. The molecule has 1 fully saturated rings. The Morgan fingerprint density at radius 2 is 1.64 bits per heavy atom. The predicted molar refractivity (Wildman–Crippen MR) is 124 cm³/mol. The lowest BCUT2D eigenvalue weighted by atomic mass is 10.1. The van der Waals surface area contributed by atoms with Gasteiger partial charge < -0.3 is 24.6 Å². The third-order valence-corrected chi connectivity index (χ3v) is 5.62. The second-order valence-corrected chi connectivity index (χ2v) is 7.79. The van der Waals surface area contributed by atoms with E-state index in [0.717, 1.165) is 18.8 Å². The summed E-state index contributed by atoms with van der Waals surface area (Å²) in [4.78, 5) is 30.1. The second-order valence-electron chi connectivity index (χ2n) is 7.79. The molecule has 0 aliphatic carbocycles. The van der Waals surface area contributed by atoms with E-state index in [4.69, 9.17) is 9.47 Å². The topological polar surface area (TPSA) is 88.9 Å². The highest BCUT2D eigenvalue weighted by atomic mass is 16.5. The highest BCUT2D eigenvalue weighted by molar-refractivity contribution is 6.06. The van der Waals surface area contributed by atoms with Crippen LogP contribution in [0.25, 0.3) is 5.69 Å². The lowest BCUT2D eigenvalue weighted by Crippen LogP contribution is -2.47. The number of para-hydroxylation sites is 1. The van der Waals surface area contributed by atoms with Crippen molar-refractivity contribution in [2.24, 2.45) is 0 Å². The fraction of sp³-hybridized carbons (Fsp3) is 0.292. The van der Waals surface area contributed by atoms with Gasteiger partial charge >= 0.3 is 0 Å². The number of ether oxygens (including phenoxy) is 2. The Morgan fingerprint density at radius 3 is 2.30 bits per heavy atom. The zero-order valence-corrected chi connectivity index (χ0v) is 18.9. The van der Waals surface area contributed by atoms with Crippen LogP contribution in [0.3, 0.4) is 0 Å². The molecule has 4 rings (SSSR count). The monoisotopic (exact) mass is 449 g/mol. The molecule has 1 aromatic heterocycles. The lowest BCUT2D eigenvalue weighted by Gasteiger charge is -2.32. The van der Waals surface area contributed by atoms with Crippen molar-refractivity contribution in [3.8, 4) is 17.2 Å². The highest BCUT2D eigenvalue weighted by Crippen LogP contribution is 2.28. The molecule has 172 valence electrons. The van der Waals surface area contributed by atoms with E-state index >= 15 is 0 Å². The number of nitrogens with zero attached hydrogens (tertiary/aromatic N) is 4. The summed E-state index contributed by atoms with van der Waals surface area (Å²) in [5, 5.41) is 7.22. The van der Waals surface area contributed by atoms with Crippen LogP contribution < -0.4 is 14.8 Å². The number of carbonyl (C=O) groups is 2. The van der Waals surface area contributed by atoms with E-state index in [9.17, 15) is 9.59 Å². The van der Waals surface area contributed by atoms with Crippen molar-refractivity contribution in [3.05, 3.63) is 66.0 Å². The number of hydrogen-bond donors (Lipinski definition) is 1. The number of carbonyl (C=O) groups excluding carboxylic acids is 2. The Kier molecular flexibility index (Phi) is 6.60. The normalized spacial score (nSPS) is 14.1. The maximum atomic E-state index is 13.1. The fourth-order valence-corrected chi connectivity index (χ4v) is 3.69. The number of benzene rings is 2. The average molecular weight is 450 g/mol. The number of rotatable bonds is 6. The molecule has 2 aromatic carbocycles. The van der Waals surface area contributed by atoms with Gasteiger partial charge in [-0.25, -0.2) is 4.68 Å². The summed E-state index contributed by atoms with van der Waals surface area (Å²) in [6.45, 7) is 2.99. The quantitative estimate of drug-likeness (QED) is 0.622. The summed E-state index contributed by atoms with van der Waals surface area (Å²) in [6.07, 6.45) is 1.65. The van der Waals surface area contributed by atoms with Crippen LogP contribution in [0.5, 0.6) is 11.5 Å². The van der Waals surface area contributed by atoms with Gasteiger partial charge in [-0.1, -0.05) is 18.2 Å². The van der Waals surface area contributed by atoms with Crippen molar-refractivity contribution in [1.29, 1.82) is 0 Å². The van der Waals surface area contributed by atoms with Crippen LogP contribution in [0.2, 0.25) is 0 Å². The predicted octanol–water partition coefficient (Wildman–Crippen LogP) is 2.53. The smallest absolute Gasteiger partial charge is 0.280 e. The molecule has 2 heterocycles. The molecule has 0 saturated carbocycles. The van der Waals surface area contributed by atoms with Crippen LogP contribution in [0, 0.1) is 0 Å². The Morgan fingerprint density at radius 1 is 0.939 bits per heavy atom. The Bertz CT molecular complexity index is 1140. The van der Waals surface area contributed by atoms with Gasteiger partial charge in [0.05, 0.1) is 31.8 Å². The molecule has 33 heavy (non-hydrogen) atoms. The van der Waals surface area contributed by atoms with Crippen molar-refractivity contribution in [1.82, 2.24) is 19.6 Å². The summed E-state index contributed by atoms with van der Waals surface area (Å²) in [6, 6.07) is 14.5. The Balaban J connectivity index is 1.58. The van der Waals surface area contributed by atoms with Crippen molar-refractivity contribution in [2.75, 3.05) is 52.8 Å². The van der Waals surface area contributed by atoms with Gasteiger partial charge in [-0.15, -0.1) is 0 Å². The summed E-state index contributed by atoms with van der Waals surface area (Å²) in [5.74, 6) is 0.232. The summed E-state index contributed by atoms with van der Waals surface area (Å²) in [7, 11) is 5.03. The lowest BCUT2D eigenvalue weighted by molar-refractivity contribution is 0.0664. The molecule has 1 aliphatic rings. The molecule has 0 radical (unpaired) electrons. The number of likely N-dealkylation sites (N-methyl/N-ethyl adjacent to an activating group) is 1. The Hall–Kier alpha value is -3.85. The van der Waals surface area contributed by atoms with Crippen LogP contribution in [-0.4, -0.2) is 78.8 Å². The standard InChI is InChI=1S/C24H27N5O4/c1-27-11-13-28(14-12-27)24(31)17-9-10-20(32-2)19(15-17)25-23(30)22-21(33-3)16-29(26-22)18-7-5-4-6-8-18/h4-10,15-16H,11-14H2,1-3H3,(H,25,30). The maximum Gasteiger partial charge on any atom is 0.280 e. The molecule has 1 N–H and O–H groups in total. The van der Waals surface area contributed by atoms with Crippen LogP contribution in [-0.2, 0) is 0 Å². The minimum atomic E-state index is -0.468. The third kappa shape index (κ3) is 4.83. The van der Waals surface area contributed by atoms with Gasteiger partial charge in [-0.05, 0) is 37.4 Å². The van der Waals surface area contributed by atoms with Gasteiger partial charge in [-0.2, -0.15) is 5.10 Å². The average Bonchev–Trinajstić information content (AvgIpc) is 3.29. The molecule has 1 saturated heterocycles. The van der Waals surface area contributed by atoms with Gasteiger partial charge in [0.25, 0.3) is 11.8 Å². The molecule has 9 nitrogen and oxygen atoms in total. The molecular weight excluding hydrogens is 422 g/mol. The molecule has 0 unspecified atom stereocenters. The van der Waals surface area contributed by atoms with Crippen LogP contribution in [0.15, 0.2) is 54.7 Å². The van der Waals surface area contributed by atoms with Gasteiger partial charge in [0.15, 0.2) is 11.4 Å². The molecule has 9 heteroatoms. The van der Waals surface area contributed by atoms with E-state index in [1.54, 1.807) is 29.1 Å². The van der Waals surface area contributed by atoms with Crippen LogP contribution in [0.1, 0.15) is 20.8 Å². The van der Waals surface area contributed by atoms with E-state index in [1.165, 1.54) is 14.2 Å². The van der Waals surface area contributed by atoms with E-state index in [0.29, 0.717) is 35.8 Å². The van der Waals surface area contributed by atoms with Gasteiger partial charge in [0.2, 0.25) is 0 Å². The minimum Gasteiger partial charge on any atom is -0.495 e.